The summed E-state index contributed by atoms with van der Waals surface area (Å²) in [5.74, 6) is 1.16. The van der Waals surface area contributed by atoms with Crippen molar-refractivity contribution in [3.63, 3.8) is 0 Å². The molecule has 0 saturated carbocycles. The Morgan fingerprint density at radius 1 is 1.04 bits per heavy atom. The average molecular weight is 348 g/mol. The molecule has 1 N–H and O–H groups in total. The van der Waals surface area contributed by atoms with E-state index in [0.717, 1.165) is 56.0 Å². The van der Waals surface area contributed by atoms with Crippen LogP contribution in [0.2, 0.25) is 0 Å². The molecule has 0 aromatic heterocycles. The van der Waals surface area contributed by atoms with Gasteiger partial charge in [0.1, 0.15) is 11.5 Å². The molecule has 25 heavy (non-hydrogen) atoms. The van der Waals surface area contributed by atoms with E-state index in [4.69, 9.17) is 4.74 Å². The number of nitrogens with zero attached hydrogens (tertiary/aromatic N) is 1. The first-order valence-corrected chi connectivity index (χ1v) is 8.41. The third-order valence-electron chi connectivity index (χ3n) is 4.94. The van der Waals surface area contributed by atoms with E-state index in [1.165, 1.54) is 17.7 Å². The molecule has 2 aromatic rings. The molecule has 1 fully saturated rings. The van der Waals surface area contributed by atoms with Crippen LogP contribution in [-0.4, -0.2) is 30.6 Å². The van der Waals surface area contributed by atoms with Crippen molar-refractivity contribution in [2.24, 2.45) is 0 Å². The quantitative estimate of drug-likeness (QED) is 0.912. The molecule has 3 nitrogen and oxygen atoms in total. The Balaban J connectivity index is 1.52. The third-order valence-corrected chi connectivity index (χ3v) is 4.94. The topological polar surface area (TPSA) is 24.5 Å². The lowest BCUT2D eigenvalue weighted by molar-refractivity contribution is -0.137. The minimum absolute atomic E-state index is 0.423. The highest BCUT2D eigenvalue weighted by Gasteiger charge is 2.30. The van der Waals surface area contributed by atoms with Crippen molar-refractivity contribution < 1.29 is 17.9 Å². The number of fused-ring (bicyclic) bond motifs is 1. The highest BCUT2D eigenvalue weighted by atomic mass is 19.4. The Morgan fingerprint density at radius 3 is 2.44 bits per heavy atom. The minimum atomic E-state index is -4.33. The number of halogens is 3. The molecule has 2 aromatic carbocycles. The Labute approximate surface area is 144 Å². The predicted octanol–water partition coefficient (Wildman–Crippen LogP) is 3.83. The van der Waals surface area contributed by atoms with Crippen molar-refractivity contribution in [3.05, 3.63) is 59.2 Å². The average Bonchev–Trinajstić information content (AvgIpc) is 2.53. The highest BCUT2D eigenvalue weighted by molar-refractivity contribution is 5.44. The van der Waals surface area contributed by atoms with Crippen LogP contribution in [0.15, 0.2) is 42.5 Å². The van der Waals surface area contributed by atoms with E-state index in [1.54, 1.807) is 0 Å². The van der Waals surface area contributed by atoms with E-state index in [2.05, 4.69) is 16.3 Å². The van der Waals surface area contributed by atoms with Gasteiger partial charge in [0.15, 0.2) is 0 Å². The number of hydrogen-bond acceptors (Lipinski definition) is 3. The molecular weight excluding hydrogens is 329 g/mol. The molecule has 4 rings (SSSR count). The molecule has 2 aliphatic heterocycles. The summed E-state index contributed by atoms with van der Waals surface area (Å²) in [6, 6.07) is 11.4. The number of nitrogens with one attached hydrogen (secondary N) is 1. The number of rotatable bonds is 3. The van der Waals surface area contributed by atoms with Crippen LogP contribution in [0.4, 0.5) is 13.2 Å². The number of ether oxygens (including phenoxy) is 1. The van der Waals surface area contributed by atoms with Gasteiger partial charge in [-0.05, 0) is 42.3 Å². The number of benzene rings is 2. The lowest BCUT2D eigenvalue weighted by Crippen LogP contribution is -2.58. The van der Waals surface area contributed by atoms with Crippen LogP contribution in [0.3, 0.4) is 0 Å². The first-order chi connectivity index (χ1) is 12.0. The predicted molar refractivity (Wildman–Crippen MR) is 88.7 cm³/mol. The molecule has 0 bridgehead atoms. The molecule has 0 atom stereocenters. The van der Waals surface area contributed by atoms with Crippen LogP contribution >= 0.6 is 0 Å². The van der Waals surface area contributed by atoms with Crippen molar-refractivity contribution in [2.75, 3.05) is 19.6 Å². The number of alkyl halides is 3. The van der Waals surface area contributed by atoms with Crippen LogP contribution in [0.5, 0.6) is 11.5 Å². The second kappa shape index (κ2) is 6.35. The molecule has 0 unspecified atom stereocenters. The molecular formula is C19H19F3N2O. The Morgan fingerprint density at radius 2 is 1.80 bits per heavy atom. The lowest BCUT2D eigenvalue weighted by atomic mass is 9.96. The zero-order valence-electron chi connectivity index (χ0n) is 13.6. The van der Waals surface area contributed by atoms with Crippen LogP contribution in [0.1, 0.15) is 16.7 Å². The summed E-state index contributed by atoms with van der Waals surface area (Å²) in [5, 5.41) is 3.30. The molecule has 1 saturated heterocycles. The zero-order chi connectivity index (χ0) is 17.4. The van der Waals surface area contributed by atoms with Gasteiger partial charge in [0, 0.05) is 37.8 Å². The van der Waals surface area contributed by atoms with Gasteiger partial charge in [-0.3, -0.25) is 4.90 Å². The fraction of sp³-hybridized carbons (Fsp3) is 0.368. The van der Waals surface area contributed by atoms with Crippen LogP contribution < -0.4 is 10.1 Å². The molecule has 0 aliphatic carbocycles. The lowest BCUT2D eigenvalue weighted by Gasteiger charge is -2.41. The van der Waals surface area contributed by atoms with E-state index < -0.39 is 11.7 Å². The first kappa shape index (κ1) is 16.4. The molecule has 2 aliphatic rings. The van der Waals surface area contributed by atoms with Crippen molar-refractivity contribution in [2.45, 2.75) is 25.2 Å². The van der Waals surface area contributed by atoms with Gasteiger partial charge in [-0.15, -0.1) is 0 Å². The van der Waals surface area contributed by atoms with Gasteiger partial charge in [-0.2, -0.15) is 13.2 Å². The van der Waals surface area contributed by atoms with Gasteiger partial charge in [-0.1, -0.05) is 12.1 Å². The van der Waals surface area contributed by atoms with E-state index in [1.807, 2.05) is 12.1 Å². The van der Waals surface area contributed by atoms with E-state index in [-0.39, 0.29) is 0 Å². The summed E-state index contributed by atoms with van der Waals surface area (Å²) >= 11 is 0. The van der Waals surface area contributed by atoms with Crippen molar-refractivity contribution in [1.29, 1.82) is 0 Å². The highest BCUT2D eigenvalue weighted by Crippen LogP contribution is 2.34. The van der Waals surface area contributed by atoms with Gasteiger partial charge in [0.05, 0.1) is 5.56 Å². The third kappa shape index (κ3) is 3.37. The molecule has 0 amide bonds. The molecule has 132 valence electrons. The van der Waals surface area contributed by atoms with Gasteiger partial charge < -0.3 is 10.1 Å². The zero-order valence-corrected chi connectivity index (χ0v) is 13.6. The Bertz CT molecular complexity index is 754. The van der Waals surface area contributed by atoms with Crippen LogP contribution in [0, 0.1) is 0 Å². The molecule has 0 radical (unpaired) electrons. The van der Waals surface area contributed by atoms with Crippen molar-refractivity contribution in [1.82, 2.24) is 10.2 Å². The van der Waals surface area contributed by atoms with Crippen LogP contribution in [-0.2, 0) is 19.1 Å². The fourth-order valence-electron chi connectivity index (χ4n) is 3.37. The van der Waals surface area contributed by atoms with E-state index in [9.17, 15) is 13.2 Å². The maximum absolute atomic E-state index is 12.7. The summed E-state index contributed by atoms with van der Waals surface area (Å²) in [6.45, 7) is 3.95. The van der Waals surface area contributed by atoms with Crippen molar-refractivity contribution >= 4 is 0 Å². The maximum atomic E-state index is 12.7. The fourth-order valence-corrected chi connectivity index (χ4v) is 3.37. The SMILES string of the molecule is FC(F)(F)c1ccc(Oc2cccc3c2CCN(C2CNC2)C3)cc1. The summed E-state index contributed by atoms with van der Waals surface area (Å²) in [6.07, 6.45) is -3.44. The van der Waals surface area contributed by atoms with Gasteiger partial charge >= 0.3 is 6.18 Å². The van der Waals surface area contributed by atoms with Gasteiger partial charge in [-0.25, -0.2) is 0 Å². The molecule has 6 heteroatoms. The summed E-state index contributed by atoms with van der Waals surface area (Å²) in [7, 11) is 0. The summed E-state index contributed by atoms with van der Waals surface area (Å²) < 4.78 is 43.9. The maximum Gasteiger partial charge on any atom is 0.416 e. The van der Waals surface area contributed by atoms with E-state index in [0.29, 0.717) is 11.8 Å². The van der Waals surface area contributed by atoms with Crippen molar-refractivity contribution in [3.8, 4) is 11.5 Å². The Kier molecular flexibility index (Phi) is 4.17. The van der Waals surface area contributed by atoms with Gasteiger partial charge in [0.25, 0.3) is 0 Å². The second-order valence-electron chi connectivity index (χ2n) is 6.55. The normalized spacial score (nSPS) is 18.5. The van der Waals surface area contributed by atoms with Crippen LogP contribution in [0.25, 0.3) is 0 Å². The molecule has 0 spiro atoms. The van der Waals surface area contributed by atoms with E-state index >= 15 is 0 Å². The number of hydrogen-bond donors (Lipinski definition) is 1. The first-order valence-electron chi connectivity index (χ1n) is 8.41. The largest absolute Gasteiger partial charge is 0.457 e. The summed E-state index contributed by atoms with van der Waals surface area (Å²) in [5.41, 5.74) is 1.73. The molecule has 2 heterocycles. The summed E-state index contributed by atoms with van der Waals surface area (Å²) in [4.78, 5) is 2.47. The Hall–Kier alpha value is -2.05. The minimum Gasteiger partial charge on any atom is -0.457 e. The monoisotopic (exact) mass is 348 g/mol. The smallest absolute Gasteiger partial charge is 0.416 e. The second-order valence-corrected chi connectivity index (χ2v) is 6.55. The standard InChI is InChI=1S/C19H19F3N2O/c20-19(21,22)14-4-6-16(7-5-14)25-18-3-1-2-13-12-24(9-8-17(13)18)15-10-23-11-15/h1-7,15,23H,8-12H2. The van der Waals surface area contributed by atoms with Gasteiger partial charge in [0.2, 0.25) is 0 Å².